The zero-order valence-electron chi connectivity index (χ0n) is 15.1. The van der Waals surface area contributed by atoms with E-state index in [1.807, 2.05) is 37.3 Å². The number of hydrogen-bond acceptors (Lipinski definition) is 1. The third-order valence-corrected chi connectivity index (χ3v) is 4.95. The fourth-order valence-corrected chi connectivity index (χ4v) is 3.70. The third-order valence-electron chi connectivity index (χ3n) is 4.95. The van der Waals surface area contributed by atoms with E-state index in [0.717, 1.165) is 34.3 Å². The molecule has 1 N–H and O–H groups in total. The minimum atomic E-state index is -0.201. The monoisotopic (exact) mass is 343 g/mol. The summed E-state index contributed by atoms with van der Waals surface area (Å²) in [5.74, 6) is -0.201. The molecule has 1 nitrogen and oxygen atoms in total. The quantitative estimate of drug-likeness (QED) is 0.696. The maximum Gasteiger partial charge on any atom is 0.131 e. The summed E-state index contributed by atoms with van der Waals surface area (Å²) in [7, 11) is 0. The van der Waals surface area contributed by atoms with E-state index in [0.29, 0.717) is 11.6 Å². The summed E-state index contributed by atoms with van der Waals surface area (Å²) in [4.78, 5) is 0. The van der Waals surface area contributed by atoms with E-state index in [-0.39, 0.29) is 5.82 Å². The van der Waals surface area contributed by atoms with Crippen LogP contribution in [0.1, 0.15) is 29.2 Å². The molecule has 1 unspecified atom stereocenters. The molecular formula is C24H22FN. The van der Waals surface area contributed by atoms with Crippen LogP contribution in [0.3, 0.4) is 0 Å². The normalized spacial score (nSPS) is 18.7. The molecule has 26 heavy (non-hydrogen) atoms. The Hall–Kier alpha value is -2.87. The zero-order chi connectivity index (χ0) is 18.3. The van der Waals surface area contributed by atoms with Gasteiger partial charge in [0.25, 0.3) is 0 Å². The molecule has 2 aromatic rings. The highest BCUT2D eigenvalue weighted by Crippen LogP contribution is 2.38. The highest BCUT2D eigenvalue weighted by Gasteiger charge is 2.20. The van der Waals surface area contributed by atoms with Crippen molar-refractivity contribution in [2.24, 2.45) is 0 Å². The SMILES string of the molecule is C=C1C=CC=C(c2ccc3c(c2)CC(C)N3)C(c2ccc(C)cc2F)=C1. The Kier molecular flexibility index (Phi) is 4.12. The molecule has 2 heteroatoms. The van der Waals surface area contributed by atoms with Crippen molar-refractivity contribution in [3.05, 3.63) is 101 Å². The molecule has 1 aliphatic heterocycles. The fraction of sp³-hybridized carbons (Fsp3) is 0.167. The average Bonchev–Trinajstić information content (AvgIpc) is 2.85. The molecule has 1 aliphatic carbocycles. The molecule has 0 aromatic heterocycles. The Labute approximate surface area is 154 Å². The number of rotatable bonds is 2. The van der Waals surface area contributed by atoms with E-state index in [1.54, 1.807) is 6.07 Å². The molecule has 1 atom stereocenters. The second kappa shape index (κ2) is 6.45. The van der Waals surface area contributed by atoms with Crippen LogP contribution in [-0.4, -0.2) is 6.04 Å². The number of benzene rings is 2. The van der Waals surface area contributed by atoms with Gasteiger partial charge in [0, 0.05) is 17.3 Å². The Morgan fingerprint density at radius 2 is 1.96 bits per heavy atom. The van der Waals surface area contributed by atoms with Crippen LogP contribution < -0.4 is 5.32 Å². The fourth-order valence-electron chi connectivity index (χ4n) is 3.70. The van der Waals surface area contributed by atoms with E-state index in [1.165, 1.54) is 11.3 Å². The van der Waals surface area contributed by atoms with Gasteiger partial charge in [-0.25, -0.2) is 4.39 Å². The molecule has 0 saturated heterocycles. The van der Waals surface area contributed by atoms with Crippen LogP contribution in [0, 0.1) is 12.7 Å². The lowest BCUT2D eigenvalue weighted by Gasteiger charge is -2.15. The minimum absolute atomic E-state index is 0.201. The number of hydrogen-bond donors (Lipinski definition) is 1. The van der Waals surface area contributed by atoms with Gasteiger partial charge in [0.1, 0.15) is 5.82 Å². The van der Waals surface area contributed by atoms with Gasteiger partial charge < -0.3 is 5.32 Å². The number of halogens is 1. The van der Waals surface area contributed by atoms with Gasteiger partial charge in [-0.1, -0.05) is 43.0 Å². The van der Waals surface area contributed by atoms with E-state index < -0.39 is 0 Å². The number of fused-ring (bicyclic) bond motifs is 1. The van der Waals surface area contributed by atoms with Gasteiger partial charge in [-0.05, 0) is 78.0 Å². The van der Waals surface area contributed by atoms with Gasteiger partial charge in [-0.15, -0.1) is 0 Å². The highest BCUT2D eigenvalue weighted by molar-refractivity contribution is 6.07. The van der Waals surface area contributed by atoms with Gasteiger partial charge >= 0.3 is 0 Å². The largest absolute Gasteiger partial charge is 0.382 e. The van der Waals surface area contributed by atoms with Crippen LogP contribution in [0.4, 0.5) is 10.1 Å². The topological polar surface area (TPSA) is 12.0 Å². The Balaban J connectivity index is 1.84. The molecule has 4 rings (SSSR count). The van der Waals surface area contributed by atoms with Crippen LogP contribution in [-0.2, 0) is 6.42 Å². The summed E-state index contributed by atoms with van der Waals surface area (Å²) >= 11 is 0. The molecule has 2 aliphatic rings. The number of allylic oxidation sites excluding steroid dienone is 7. The number of anilines is 1. The summed E-state index contributed by atoms with van der Waals surface area (Å²) in [6.07, 6.45) is 8.97. The van der Waals surface area contributed by atoms with Crippen LogP contribution in [0.5, 0.6) is 0 Å². The third kappa shape index (κ3) is 3.03. The smallest absolute Gasteiger partial charge is 0.131 e. The maximum absolute atomic E-state index is 14.7. The van der Waals surface area contributed by atoms with Gasteiger partial charge in [0.05, 0.1) is 0 Å². The lowest BCUT2D eigenvalue weighted by atomic mass is 9.89. The van der Waals surface area contributed by atoms with Crippen LogP contribution in [0.2, 0.25) is 0 Å². The van der Waals surface area contributed by atoms with Crippen molar-refractivity contribution in [2.75, 3.05) is 5.32 Å². The second-order valence-electron chi connectivity index (χ2n) is 7.18. The molecule has 0 saturated carbocycles. The molecular weight excluding hydrogens is 321 g/mol. The van der Waals surface area contributed by atoms with Crippen LogP contribution in [0.15, 0.2) is 72.9 Å². The van der Waals surface area contributed by atoms with Crippen molar-refractivity contribution >= 4 is 16.8 Å². The summed E-state index contributed by atoms with van der Waals surface area (Å²) in [5, 5.41) is 3.48. The van der Waals surface area contributed by atoms with E-state index in [9.17, 15) is 4.39 Å². The number of aryl methyl sites for hydroxylation is 1. The van der Waals surface area contributed by atoms with Crippen molar-refractivity contribution in [2.45, 2.75) is 26.3 Å². The summed E-state index contributed by atoms with van der Waals surface area (Å²) in [6, 6.07) is 12.3. The van der Waals surface area contributed by atoms with Crippen LogP contribution >= 0.6 is 0 Å². The van der Waals surface area contributed by atoms with Crippen molar-refractivity contribution in [1.82, 2.24) is 0 Å². The molecule has 0 fully saturated rings. The summed E-state index contributed by atoms with van der Waals surface area (Å²) < 4.78 is 14.7. The van der Waals surface area contributed by atoms with E-state index >= 15 is 0 Å². The summed E-state index contributed by atoms with van der Waals surface area (Å²) in [5.41, 5.74) is 7.89. The lowest BCUT2D eigenvalue weighted by Crippen LogP contribution is -2.08. The van der Waals surface area contributed by atoms with E-state index in [2.05, 4.69) is 43.1 Å². The predicted molar refractivity (Wildman–Crippen MR) is 109 cm³/mol. The minimum Gasteiger partial charge on any atom is -0.382 e. The van der Waals surface area contributed by atoms with Gasteiger partial charge in [0.2, 0.25) is 0 Å². The Morgan fingerprint density at radius 1 is 1.12 bits per heavy atom. The van der Waals surface area contributed by atoms with Gasteiger partial charge in [-0.3, -0.25) is 0 Å². The van der Waals surface area contributed by atoms with Crippen molar-refractivity contribution in [3.8, 4) is 0 Å². The zero-order valence-corrected chi connectivity index (χ0v) is 15.1. The van der Waals surface area contributed by atoms with Gasteiger partial charge in [0.15, 0.2) is 0 Å². The molecule has 0 radical (unpaired) electrons. The standard InChI is InChI=1S/C24H22FN/c1-15-5-4-6-20(18-8-10-24-19(14-18)13-17(3)26-24)22(11-15)21-9-7-16(2)12-23(21)25/h4-12,14,17,26H,1,13H2,2-3H3. The average molecular weight is 343 g/mol. The predicted octanol–water partition coefficient (Wildman–Crippen LogP) is 6.08. The maximum atomic E-state index is 14.7. The first kappa shape index (κ1) is 16.6. The molecule has 0 bridgehead atoms. The highest BCUT2D eigenvalue weighted by atomic mass is 19.1. The first-order valence-electron chi connectivity index (χ1n) is 8.97. The lowest BCUT2D eigenvalue weighted by molar-refractivity contribution is 0.623. The Bertz CT molecular complexity index is 991. The van der Waals surface area contributed by atoms with Crippen molar-refractivity contribution in [3.63, 3.8) is 0 Å². The first-order valence-corrected chi connectivity index (χ1v) is 8.97. The van der Waals surface area contributed by atoms with Gasteiger partial charge in [-0.2, -0.15) is 0 Å². The summed E-state index contributed by atoms with van der Waals surface area (Å²) in [6.45, 7) is 8.15. The molecule has 0 spiro atoms. The van der Waals surface area contributed by atoms with E-state index in [4.69, 9.17) is 0 Å². The van der Waals surface area contributed by atoms with Crippen molar-refractivity contribution in [1.29, 1.82) is 0 Å². The van der Waals surface area contributed by atoms with Crippen molar-refractivity contribution < 1.29 is 4.39 Å². The molecule has 130 valence electrons. The molecule has 1 heterocycles. The Morgan fingerprint density at radius 3 is 2.77 bits per heavy atom. The first-order chi connectivity index (χ1) is 12.5. The molecule has 2 aromatic carbocycles. The second-order valence-corrected chi connectivity index (χ2v) is 7.18. The van der Waals surface area contributed by atoms with Crippen LogP contribution in [0.25, 0.3) is 11.1 Å². The molecule has 0 amide bonds. The number of nitrogens with one attached hydrogen (secondary N) is 1.